The molecule has 1 aromatic heterocycles. The van der Waals surface area contributed by atoms with E-state index >= 15 is 0 Å². The third-order valence-corrected chi connectivity index (χ3v) is 3.23. The molecule has 0 saturated carbocycles. The van der Waals surface area contributed by atoms with Gasteiger partial charge >= 0.3 is 0 Å². The van der Waals surface area contributed by atoms with Gasteiger partial charge in [-0.05, 0) is 28.9 Å². The Kier molecular flexibility index (Phi) is 2.80. The van der Waals surface area contributed by atoms with E-state index in [9.17, 15) is 9.18 Å². The molecule has 0 spiro atoms. The fraction of sp³-hybridized carbons (Fsp3) is 0.182. The summed E-state index contributed by atoms with van der Waals surface area (Å²) in [6.45, 7) is 3.01. The maximum atomic E-state index is 13.8. The van der Waals surface area contributed by atoms with Gasteiger partial charge in [-0.2, -0.15) is 0 Å². The lowest BCUT2D eigenvalue weighted by molar-refractivity contribution is 0.0988. The first-order valence-corrected chi connectivity index (χ1v) is 5.68. The highest BCUT2D eigenvalue weighted by Crippen LogP contribution is 2.36. The lowest BCUT2D eigenvalue weighted by Gasteiger charge is -1.98. The molecule has 2 aromatic rings. The van der Waals surface area contributed by atoms with E-state index in [2.05, 4.69) is 15.9 Å². The molecule has 5 heteroatoms. The van der Waals surface area contributed by atoms with Crippen LogP contribution < -0.4 is 0 Å². The smallest absolute Gasteiger partial charge is 0.195 e. The standard InChI is InChI=1S/C11H7BrClFO2/c1-4-8-9(14)7(13)3-6(12)11(8)16-10(4)5(2)15/h3H,1-2H3. The van der Waals surface area contributed by atoms with Gasteiger partial charge in [0.2, 0.25) is 0 Å². The maximum absolute atomic E-state index is 13.8. The van der Waals surface area contributed by atoms with Crippen molar-refractivity contribution in [1.29, 1.82) is 0 Å². The highest BCUT2D eigenvalue weighted by molar-refractivity contribution is 9.10. The second kappa shape index (κ2) is 3.86. The van der Waals surface area contributed by atoms with Crippen LogP contribution in [0.4, 0.5) is 4.39 Å². The van der Waals surface area contributed by atoms with E-state index in [0.717, 1.165) is 0 Å². The Hall–Kier alpha value is -0.870. The molecule has 2 rings (SSSR count). The molecule has 1 heterocycles. The number of rotatable bonds is 1. The van der Waals surface area contributed by atoms with Gasteiger partial charge in [-0.1, -0.05) is 11.6 Å². The summed E-state index contributed by atoms with van der Waals surface area (Å²) in [6.07, 6.45) is 0. The number of halogens is 3. The molecule has 0 radical (unpaired) electrons. The van der Waals surface area contributed by atoms with Gasteiger partial charge < -0.3 is 4.42 Å². The Bertz CT molecular complexity index is 604. The monoisotopic (exact) mass is 304 g/mol. The van der Waals surface area contributed by atoms with Crippen molar-refractivity contribution in [3.63, 3.8) is 0 Å². The number of benzene rings is 1. The second-order valence-corrected chi connectivity index (χ2v) is 4.73. The average molecular weight is 306 g/mol. The van der Waals surface area contributed by atoms with Gasteiger partial charge in [0.15, 0.2) is 22.9 Å². The van der Waals surface area contributed by atoms with Crippen LogP contribution in [0.2, 0.25) is 5.02 Å². The summed E-state index contributed by atoms with van der Waals surface area (Å²) in [5.41, 5.74) is 0.785. The minimum Gasteiger partial charge on any atom is -0.451 e. The molecular weight excluding hydrogens is 298 g/mol. The second-order valence-electron chi connectivity index (χ2n) is 3.47. The van der Waals surface area contributed by atoms with Crippen LogP contribution in [0, 0.1) is 12.7 Å². The number of carbonyl (C=O) groups excluding carboxylic acids is 1. The molecule has 0 saturated heterocycles. The molecule has 0 N–H and O–H groups in total. The Morgan fingerprint density at radius 3 is 2.75 bits per heavy atom. The Balaban J connectivity index is 2.97. The topological polar surface area (TPSA) is 30.2 Å². The van der Waals surface area contributed by atoms with E-state index in [-0.39, 0.29) is 22.0 Å². The van der Waals surface area contributed by atoms with Crippen molar-refractivity contribution in [2.24, 2.45) is 0 Å². The number of carbonyl (C=O) groups is 1. The molecule has 0 aliphatic carbocycles. The van der Waals surface area contributed by atoms with Gasteiger partial charge in [-0.15, -0.1) is 0 Å². The summed E-state index contributed by atoms with van der Waals surface area (Å²) in [7, 11) is 0. The molecule has 0 aliphatic heterocycles. The largest absolute Gasteiger partial charge is 0.451 e. The van der Waals surface area contributed by atoms with E-state index in [4.69, 9.17) is 16.0 Å². The van der Waals surface area contributed by atoms with Crippen LogP contribution in [0.15, 0.2) is 15.0 Å². The zero-order valence-corrected chi connectivity index (χ0v) is 10.9. The van der Waals surface area contributed by atoms with Crippen molar-refractivity contribution in [2.75, 3.05) is 0 Å². The molecule has 0 amide bonds. The van der Waals surface area contributed by atoms with Crippen molar-refractivity contribution >= 4 is 44.3 Å². The molecule has 0 bridgehead atoms. The molecule has 16 heavy (non-hydrogen) atoms. The van der Waals surface area contributed by atoms with Crippen LogP contribution in [0.3, 0.4) is 0 Å². The fourth-order valence-corrected chi connectivity index (χ4v) is 2.48. The number of furan rings is 1. The summed E-state index contributed by atoms with van der Waals surface area (Å²) in [5.74, 6) is -0.637. The Labute approximate surface area is 105 Å². The molecule has 84 valence electrons. The highest BCUT2D eigenvalue weighted by Gasteiger charge is 2.21. The van der Waals surface area contributed by atoms with Gasteiger partial charge in [0.05, 0.1) is 14.9 Å². The zero-order chi connectivity index (χ0) is 12.0. The first kappa shape index (κ1) is 11.6. The van der Waals surface area contributed by atoms with Crippen molar-refractivity contribution < 1.29 is 13.6 Å². The summed E-state index contributed by atoms with van der Waals surface area (Å²) < 4.78 is 19.7. The van der Waals surface area contributed by atoms with Gasteiger partial charge in [-0.25, -0.2) is 4.39 Å². The van der Waals surface area contributed by atoms with Crippen LogP contribution in [-0.4, -0.2) is 5.78 Å². The van der Waals surface area contributed by atoms with E-state index in [1.54, 1.807) is 6.92 Å². The number of hydrogen-bond donors (Lipinski definition) is 0. The average Bonchev–Trinajstić information content (AvgIpc) is 2.53. The molecule has 0 fully saturated rings. The maximum Gasteiger partial charge on any atom is 0.195 e. The number of hydrogen-bond acceptors (Lipinski definition) is 2. The molecular formula is C11H7BrClFO2. The first-order valence-electron chi connectivity index (χ1n) is 4.51. The summed E-state index contributed by atoms with van der Waals surface area (Å²) in [5, 5.41) is 0.253. The highest BCUT2D eigenvalue weighted by atomic mass is 79.9. The predicted molar refractivity (Wildman–Crippen MR) is 63.6 cm³/mol. The summed E-state index contributed by atoms with van der Waals surface area (Å²) in [6, 6.07) is 1.41. The predicted octanol–water partition coefficient (Wildman–Crippen LogP) is 4.50. The van der Waals surface area contributed by atoms with Gasteiger partial charge in [0.1, 0.15) is 0 Å². The Morgan fingerprint density at radius 2 is 2.19 bits per heavy atom. The van der Waals surface area contributed by atoms with E-state index in [1.807, 2.05) is 0 Å². The third-order valence-electron chi connectivity index (χ3n) is 2.37. The van der Waals surface area contributed by atoms with Crippen molar-refractivity contribution in [3.8, 4) is 0 Å². The van der Waals surface area contributed by atoms with Gasteiger partial charge in [0.25, 0.3) is 0 Å². The van der Waals surface area contributed by atoms with E-state index in [0.29, 0.717) is 15.6 Å². The number of fused-ring (bicyclic) bond motifs is 1. The van der Waals surface area contributed by atoms with Crippen LogP contribution in [0.1, 0.15) is 23.0 Å². The lowest BCUT2D eigenvalue weighted by Crippen LogP contribution is -1.91. The minimum absolute atomic E-state index is 0.00150. The molecule has 0 atom stereocenters. The first-order chi connectivity index (χ1) is 7.43. The van der Waals surface area contributed by atoms with Crippen LogP contribution in [0.25, 0.3) is 11.0 Å². The summed E-state index contributed by atoms with van der Waals surface area (Å²) >= 11 is 8.94. The van der Waals surface area contributed by atoms with Crippen molar-refractivity contribution in [2.45, 2.75) is 13.8 Å². The Morgan fingerprint density at radius 1 is 1.56 bits per heavy atom. The van der Waals surface area contributed by atoms with Gasteiger partial charge in [0, 0.05) is 12.5 Å². The van der Waals surface area contributed by atoms with Crippen LogP contribution in [0.5, 0.6) is 0 Å². The lowest BCUT2D eigenvalue weighted by atomic mass is 10.1. The normalized spacial score (nSPS) is 11.1. The quantitative estimate of drug-likeness (QED) is 0.573. The third kappa shape index (κ3) is 1.57. The zero-order valence-electron chi connectivity index (χ0n) is 8.53. The number of ketones is 1. The summed E-state index contributed by atoms with van der Waals surface area (Å²) in [4.78, 5) is 11.3. The molecule has 2 nitrogen and oxygen atoms in total. The SMILES string of the molecule is CC(=O)c1oc2c(Br)cc(Cl)c(F)c2c1C. The molecule has 1 aromatic carbocycles. The van der Waals surface area contributed by atoms with Crippen LogP contribution >= 0.6 is 27.5 Å². The van der Waals surface area contributed by atoms with Crippen LogP contribution in [-0.2, 0) is 0 Å². The van der Waals surface area contributed by atoms with Gasteiger partial charge in [-0.3, -0.25) is 4.79 Å². The fourth-order valence-electron chi connectivity index (χ4n) is 1.64. The van der Waals surface area contributed by atoms with E-state index in [1.165, 1.54) is 13.0 Å². The minimum atomic E-state index is -0.561. The van der Waals surface area contributed by atoms with E-state index < -0.39 is 5.82 Å². The molecule has 0 unspecified atom stereocenters. The van der Waals surface area contributed by atoms with Crippen molar-refractivity contribution in [3.05, 3.63) is 32.7 Å². The molecule has 0 aliphatic rings. The number of Topliss-reactive ketones (excluding diaryl/α,β-unsaturated/α-hetero) is 1. The number of aryl methyl sites for hydroxylation is 1. The van der Waals surface area contributed by atoms with Crippen molar-refractivity contribution in [1.82, 2.24) is 0 Å².